The SMILES string of the molecule is COCCN(Cc1cc2ccc(SC)cc2nc1-c1ccccc1C)C(=O)c1ccco1. The topological polar surface area (TPSA) is 55.6 Å². The molecule has 164 valence electrons. The maximum Gasteiger partial charge on any atom is 0.289 e. The predicted molar refractivity (Wildman–Crippen MR) is 129 cm³/mol. The first-order valence-corrected chi connectivity index (χ1v) is 11.7. The van der Waals surface area contributed by atoms with Gasteiger partial charge in [-0.3, -0.25) is 4.79 Å². The monoisotopic (exact) mass is 446 g/mol. The maximum absolute atomic E-state index is 13.1. The molecule has 4 rings (SSSR count). The lowest BCUT2D eigenvalue weighted by Gasteiger charge is -2.23. The van der Waals surface area contributed by atoms with Crippen molar-refractivity contribution in [3.63, 3.8) is 0 Å². The number of aromatic nitrogens is 1. The van der Waals surface area contributed by atoms with E-state index in [0.29, 0.717) is 25.5 Å². The van der Waals surface area contributed by atoms with Gasteiger partial charge in [-0.05, 0) is 54.6 Å². The number of benzene rings is 2. The molecule has 0 aliphatic carbocycles. The van der Waals surface area contributed by atoms with Crippen molar-refractivity contribution in [3.8, 4) is 11.3 Å². The normalized spacial score (nSPS) is 11.1. The third kappa shape index (κ3) is 4.71. The van der Waals surface area contributed by atoms with Gasteiger partial charge >= 0.3 is 0 Å². The maximum atomic E-state index is 13.1. The van der Waals surface area contributed by atoms with E-state index in [1.807, 2.05) is 12.1 Å². The molecular weight excluding hydrogens is 420 g/mol. The van der Waals surface area contributed by atoms with Crippen molar-refractivity contribution in [1.82, 2.24) is 9.88 Å². The van der Waals surface area contributed by atoms with Crippen molar-refractivity contribution in [2.45, 2.75) is 18.4 Å². The molecule has 1 amide bonds. The molecule has 2 aromatic heterocycles. The van der Waals surface area contributed by atoms with Gasteiger partial charge in [0, 0.05) is 36.0 Å². The van der Waals surface area contributed by atoms with Gasteiger partial charge in [-0.2, -0.15) is 0 Å². The van der Waals surface area contributed by atoms with Crippen LogP contribution in [-0.2, 0) is 11.3 Å². The fourth-order valence-corrected chi connectivity index (χ4v) is 4.16. The molecule has 0 unspecified atom stereocenters. The number of pyridine rings is 1. The van der Waals surface area contributed by atoms with E-state index in [-0.39, 0.29) is 5.91 Å². The molecule has 0 spiro atoms. The van der Waals surface area contributed by atoms with Gasteiger partial charge < -0.3 is 14.1 Å². The standard InChI is InChI=1S/C26H26N2O3S/c1-18-7-4-5-8-22(18)25-20(15-19-10-11-21(32-3)16-23(19)27-25)17-28(12-14-30-2)26(29)24-9-6-13-31-24/h4-11,13,15-16H,12,14,17H2,1-3H3. The number of furan rings is 1. The van der Waals surface area contributed by atoms with Crippen molar-refractivity contribution in [2.24, 2.45) is 0 Å². The molecule has 0 bridgehead atoms. The summed E-state index contributed by atoms with van der Waals surface area (Å²) in [6.45, 7) is 3.37. The first kappa shape index (κ1) is 22.1. The number of ether oxygens (including phenoxy) is 1. The summed E-state index contributed by atoms with van der Waals surface area (Å²) in [4.78, 5) is 21.1. The first-order valence-electron chi connectivity index (χ1n) is 10.5. The highest BCUT2D eigenvalue weighted by molar-refractivity contribution is 7.98. The van der Waals surface area contributed by atoms with Crippen LogP contribution in [0.1, 0.15) is 21.7 Å². The number of hydrogen-bond donors (Lipinski definition) is 0. The average Bonchev–Trinajstić information content (AvgIpc) is 3.36. The minimum Gasteiger partial charge on any atom is -0.459 e. The van der Waals surface area contributed by atoms with Crippen molar-refractivity contribution in [2.75, 3.05) is 26.5 Å². The number of aryl methyl sites for hydroxylation is 1. The smallest absolute Gasteiger partial charge is 0.289 e. The van der Waals surface area contributed by atoms with E-state index < -0.39 is 0 Å². The minimum absolute atomic E-state index is 0.166. The van der Waals surface area contributed by atoms with Crippen LogP contribution in [0.4, 0.5) is 0 Å². The summed E-state index contributed by atoms with van der Waals surface area (Å²) >= 11 is 1.70. The second kappa shape index (κ2) is 10.0. The van der Waals surface area contributed by atoms with E-state index in [9.17, 15) is 4.79 Å². The lowest BCUT2D eigenvalue weighted by atomic mass is 9.99. The quantitative estimate of drug-likeness (QED) is 0.320. The van der Waals surface area contributed by atoms with Gasteiger partial charge in [-0.15, -0.1) is 11.8 Å². The van der Waals surface area contributed by atoms with E-state index >= 15 is 0 Å². The molecule has 2 aromatic carbocycles. The average molecular weight is 447 g/mol. The van der Waals surface area contributed by atoms with E-state index in [4.69, 9.17) is 14.1 Å². The van der Waals surface area contributed by atoms with Crippen LogP contribution < -0.4 is 0 Å². The lowest BCUT2D eigenvalue weighted by molar-refractivity contribution is 0.0649. The molecule has 0 aliphatic rings. The van der Waals surface area contributed by atoms with E-state index in [2.05, 4.69) is 49.6 Å². The lowest BCUT2D eigenvalue weighted by Crippen LogP contribution is -2.33. The van der Waals surface area contributed by atoms with Gasteiger partial charge in [0.1, 0.15) is 0 Å². The van der Waals surface area contributed by atoms with E-state index in [1.54, 1.807) is 35.9 Å². The number of carbonyl (C=O) groups is 1. The Labute approximate surface area is 192 Å². The first-order chi connectivity index (χ1) is 15.6. The second-order valence-corrected chi connectivity index (χ2v) is 8.45. The fourth-order valence-electron chi connectivity index (χ4n) is 3.73. The Morgan fingerprint density at radius 1 is 1.12 bits per heavy atom. The van der Waals surface area contributed by atoms with Crippen LogP contribution in [0.15, 0.2) is 76.2 Å². The summed E-state index contributed by atoms with van der Waals surface area (Å²) in [5, 5.41) is 1.05. The number of thioether (sulfide) groups is 1. The van der Waals surface area contributed by atoms with E-state index in [0.717, 1.165) is 33.3 Å². The van der Waals surface area contributed by atoms with Crippen molar-refractivity contribution < 1.29 is 13.9 Å². The Morgan fingerprint density at radius 2 is 1.97 bits per heavy atom. The van der Waals surface area contributed by atoms with E-state index in [1.165, 1.54) is 11.2 Å². The Balaban J connectivity index is 1.82. The molecule has 6 heteroatoms. The third-order valence-electron chi connectivity index (χ3n) is 5.45. The molecule has 32 heavy (non-hydrogen) atoms. The zero-order valence-electron chi connectivity index (χ0n) is 18.5. The van der Waals surface area contributed by atoms with Crippen LogP contribution in [-0.4, -0.2) is 42.3 Å². The van der Waals surface area contributed by atoms with Crippen LogP contribution >= 0.6 is 11.8 Å². The summed E-state index contributed by atoms with van der Waals surface area (Å²) in [5.41, 5.74) is 5.03. The molecule has 0 saturated heterocycles. The summed E-state index contributed by atoms with van der Waals surface area (Å²) in [7, 11) is 1.63. The number of fused-ring (bicyclic) bond motifs is 1. The number of carbonyl (C=O) groups excluding carboxylic acids is 1. The molecule has 0 radical (unpaired) electrons. The van der Waals surface area contributed by atoms with Gasteiger partial charge in [-0.1, -0.05) is 30.3 Å². The molecular formula is C26H26N2O3S. The van der Waals surface area contributed by atoms with Gasteiger partial charge in [0.25, 0.3) is 5.91 Å². The van der Waals surface area contributed by atoms with Gasteiger partial charge in [0.05, 0.1) is 24.1 Å². The molecule has 0 aliphatic heterocycles. The fraction of sp³-hybridized carbons (Fsp3) is 0.231. The molecule has 0 atom stereocenters. The number of rotatable bonds is 8. The Hall–Kier alpha value is -3.09. The molecule has 2 heterocycles. The Morgan fingerprint density at radius 3 is 2.69 bits per heavy atom. The summed E-state index contributed by atoms with van der Waals surface area (Å²) in [6.07, 6.45) is 3.58. The highest BCUT2D eigenvalue weighted by Crippen LogP contribution is 2.31. The second-order valence-electron chi connectivity index (χ2n) is 7.57. The Kier molecular flexibility index (Phi) is 6.93. The predicted octanol–water partition coefficient (Wildman–Crippen LogP) is 5.81. The van der Waals surface area contributed by atoms with Gasteiger partial charge in [0.15, 0.2) is 5.76 Å². The highest BCUT2D eigenvalue weighted by atomic mass is 32.2. The summed E-state index contributed by atoms with van der Waals surface area (Å²) in [5.74, 6) is 0.150. The third-order valence-corrected chi connectivity index (χ3v) is 6.17. The number of amides is 1. The van der Waals surface area contributed by atoms with Crippen LogP contribution in [0, 0.1) is 6.92 Å². The van der Waals surface area contributed by atoms with Crippen molar-refractivity contribution >= 4 is 28.6 Å². The molecule has 0 N–H and O–H groups in total. The Bertz CT molecular complexity index is 1220. The molecule has 4 aromatic rings. The number of methoxy groups -OCH3 is 1. The number of hydrogen-bond acceptors (Lipinski definition) is 5. The van der Waals surface area contributed by atoms with Gasteiger partial charge in [-0.25, -0.2) is 4.98 Å². The zero-order chi connectivity index (χ0) is 22.5. The largest absolute Gasteiger partial charge is 0.459 e. The molecule has 5 nitrogen and oxygen atoms in total. The molecule has 0 saturated carbocycles. The van der Waals surface area contributed by atoms with Crippen molar-refractivity contribution in [3.05, 3.63) is 83.8 Å². The minimum atomic E-state index is -0.166. The highest BCUT2D eigenvalue weighted by Gasteiger charge is 2.21. The number of nitrogens with zero attached hydrogens (tertiary/aromatic N) is 2. The van der Waals surface area contributed by atoms with Crippen molar-refractivity contribution in [1.29, 1.82) is 0 Å². The molecule has 0 fully saturated rings. The van der Waals surface area contributed by atoms with Crippen LogP contribution in [0.3, 0.4) is 0 Å². The summed E-state index contributed by atoms with van der Waals surface area (Å²) in [6, 6.07) is 20.1. The van der Waals surface area contributed by atoms with Crippen LogP contribution in [0.25, 0.3) is 22.2 Å². The van der Waals surface area contributed by atoms with Crippen LogP contribution in [0.2, 0.25) is 0 Å². The van der Waals surface area contributed by atoms with Gasteiger partial charge in [0.2, 0.25) is 0 Å². The zero-order valence-corrected chi connectivity index (χ0v) is 19.3. The summed E-state index contributed by atoms with van der Waals surface area (Å²) < 4.78 is 10.6. The van der Waals surface area contributed by atoms with Crippen LogP contribution in [0.5, 0.6) is 0 Å².